The van der Waals surface area contributed by atoms with Crippen molar-refractivity contribution >= 4 is 5.91 Å². The fraction of sp³-hybridized carbons (Fsp3) is 0.650. The van der Waals surface area contributed by atoms with Crippen LogP contribution in [0.15, 0.2) is 24.3 Å². The van der Waals surface area contributed by atoms with Crippen LogP contribution in [-0.2, 0) is 4.79 Å². The van der Waals surface area contributed by atoms with E-state index in [1.165, 1.54) is 12.1 Å². The molecule has 4 unspecified atom stereocenters. The van der Waals surface area contributed by atoms with Gasteiger partial charge in [0.2, 0.25) is 5.91 Å². The van der Waals surface area contributed by atoms with Gasteiger partial charge in [0, 0.05) is 43.6 Å². The number of hydrazine groups is 1. The molecule has 1 aromatic carbocycles. The monoisotopic (exact) mass is 376 g/mol. The van der Waals surface area contributed by atoms with Crippen molar-refractivity contribution in [3.8, 4) is 5.75 Å². The predicted octanol–water partition coefficient (Wildman–Crippen LogP) is 1.24. The van der Waals surface area contributed by atoms with E-state index in [1.54, 1.807) is 12.1 Å². The summed E-state index contributed by atoms with van der Waals surface area (Å²) in [6.07, 6.45) is 3.09. The molecule has 3 fully saturated rings. The van der Waals surface area contributed by atoms with Crippen molar-refractivity contribution in [2.75, 3.05) is 39.8 Å². The van der Waals surface area contributed by atoms with E-state index in [0.717, 1.165) is 38.9 Å². The van der Waals surface area contributed by atoms with Gasteiger partial charge < -0.3 is 14.5 Å². The first-order chi connectivity index (χ1) is 13.1. The fourth-order valence-corrected chi connectivity index (χ4v) is 4.59. The zero-order chi connectivity index (χ0) is 18.8. The zero-order valence-corrected chi connectivity index (χ0v) is 15.9. The van der Waals surface area contributed by atoms with Crippen molar-refractivity contribution in [3.05, 3.63) is 30.1 Å². The third-order valence-electron chi connectivity index (χ3n) is 6.09. The highest BCUT2D eigenvalue weighted by Crippen LogP contribution is 2.26. The minimum absolute atomic E-state index is 0.152. The fourth-order valence-electron chi connectivity index (χ4n) is 4.59. The van der Waals surface area contributed by atoms with Crippen molar-refractivity contribution < 1.29 is 13.9 Å². The van der Waals surface area contributed by atoms with Gasteiger partial charge in [-0.25, -0.2) is 9.82 Å². The molecule has 0 aliphatic carbocycles. The Kier molecular flexibility index (Phi) is 5.61. The van der Waals surface area contributed by atoms with Crippen LogP contribution < -0.4 is 15.6 Å². The molecule has 1 amide bonds. The maximum atomic E-state index is 13.3. The summed E-state index contributed by atoms with van der Waals surface area (Å²) in [5, 5.41) is 0. The number of ether oxygens (including phenoxy) is 1. The van der Waals surface area contributed by atoms with E-state index in [9.17, 15) is 9.18 Å². The number of halogens is 1. The molecule has 4 rings (SSSR count). The van der Waals surface area contributed by atoms with Crippen LogP contribution in [0.4, 0.5) is 4.39 Å². The van der Waals surface area contributed by atoms with Gasteiger partial charge in [-0.2, -0.15) is 0 Å². The summed E-state index contributed by atoms with van der Waals surface area (Å²) in [5.74, 6) is 1.05. The molecule has 3 saturated heterocycles. The molecule has 0 bridgehead atoms. The third kappa shape index (κ3) is 4.25. The van der Waals surface area contributed by atoms with Crippen LogP contribution >= 0.6 is 0 Å². The van der Waals surface area contributed by atoms with Gasteiger partial charge in [-0.05, 0) is 45.0 Å². The van der Waals surface area contributed by atoms with Gasteiger partial charge in [-0.15, -0.1) is 0 Å². The van der Waals surface area contributed by atoms with Gasteiger partial charge in [-0.3, -0.25) is 10.2 Å². The average Bonchev–Trinajstić information content (AvgIpc) is 3.09. The molecule has 148 valence electrons. The highest BCUT2D eigenvalue weighted by molar-refractivity contribution is 5.82. The summed E-state index contributed by atoms with van der Waals surface area (Å²) >= 11 is 0. The van der Waals surface area contributed by atoms with Crippen LogP contribution in [0.5, 0.6) is 5.75 Å². The number of hydrogen-bond donors (Lipinski definition) is 2. The highest BCUT2D eigenvalue weighted by Gasteiger charge is 2.44. The Morgan fingerprint density at radius 1 is 1.26 bits per heavy atom. The topological polar surface area (TPSA) is 56.8 Å². The van der Waals surface area contributed by atoms with E-state index in [1.807, 2.05) is 4.90 Å². The van der Waals surface area contributed by atoms with Crippen LogP contribution in [0.1, 0.15) is 19.3 Å². The van der Waals surface area contributed by atoms with Gasteiger partial charge in [0.1, 0.15) is 17.6 Å². The van der Waals surface area contributed by atoms with Crippen molar-refractivity contribution in [2.45, 2.75) is 31.3 Å². The molecule has 3 heterocycles. The summed E-state index contributed by atoms with van der Waals surface area (Å²) in [5.41, 5.74) is 6.58. The van der Waals surface area contributed by atoms with E-state index in [2.05, 4.69) is 22.8 Å². The predicted molar refractivity (Wildman–Crippen MR) is 101 cm³/mol. The lowest BCUT2D eigenvalue weighted by atomic mass is 9.87. The molecule has 0 radical (unpaired) electrons. The first-order valence-electron chi connectivity index (χ1n) is 9.97. The van der Waals surface area contributed by atoms with E-state index < -0.39 is 0 Å². The molecular formula is C20H29FN4O2. The molecule has 2 N–H and O–H groups in total. The van der Waals surface area contributed by atoms with Gasteiger partial charge in [0.05, 0.1) is 6.61 Å². The summed E-state index contributed by atoms with van der Waals surface area (Å²) in [4.78, 5) is 17.4. The van der Waals surface area contributed by atoms with Crippen LogP contribution in [0.3, 0.4) is 0 Å². The smallest absolute Gasteiger partial charge is 0.241 e. The standard InChI is InChI=1S/C20H29FN4O2/c1-24-9-7-18-17(12-24)19(23-22-18)20(26)25-8-3-4-14(11-25)13-27-16-6-2-5-15(21)10-16/h2,5-6,10,14,17-19,22-23H,3-4,7-9,11-13H2,1H3. The normalized spacial score (nSPS) is 31.6. The number of hydrogen-bond acceptors (Lipinski definition) is 5. The second kappa shape index (κ2) is 8.12. The molecule has 27 heavy (non-hydrogen) atoms. The number of nitrogens with zero attached hydrogens (tertiary/aromatic N) is 2. The number of piperidine rings is 2. The Morgan fingerprint density at radius 2 is 2.15 bits per heavy atom. The first-order valence-corrected chi connectivity index (χ1v) is 9.97. The van der Waals surface area contributed by atoms with E-state index in [0.29, 0.717) is 30.9 Å². The number of amides is 1. The number of nitrogens with one attached hydrogen (secondary N) is 2. The van der Waals surface area contributed by atoms with E-state index in [4.69, 9.17) is 4.74 Å². The minimum Gasteiger partial charge on any atom is -0.493 e. The van der Waals surface area contributed by atoms with Crippen LogP contribution in [0.2, 0.25) is 0 Å². The molecule has 0 saturated carbocycles. The number of fused-ring (bicyclic) bond motifs is 1. The van der Waals surface area contributed by atoms with Crippen molar-refractivity contribution in [2.24, 2.45) is 11.8 Å². The summed E-state index contributed by atoms with van der Waals surface area (Å²) in [7, 11) is 2.12. The minimum atomic E-state index is -0.292. The van der Waals surface area contributed by atoms with E-state index in [-0.39, 0.29) is 23.7 Å². The molecular weight excluding hydrogens is 347 g/mol. The zero-order valence-electron chi connectivity index (χ0n) is 15.9. The molecule has 0 aromatic heterocycles. The summed E-state index contributed by atoms with van der Waals surface area (Å²) < 4.78 is 19.1. The summed E-state index contributed by atoms with van der Waals surface area (Å²) in [6.45, 7) is 4.04. The van der Waals surface area contributed by atoms with Gasteiger partial charge in [-0.1, -0.05) is 6.07 Å². The van der Waals surface area contributed by atoms with Crippen molar-refractivity contribution in [1.82, 2.24) is 20.7 Å². The SMILES string of the molecule is CN1CCC2NNC(C(=O)N3CCCC(COc4cccc(F)c4)C3)C2C1. The number of likely N-dealkylation sites (tertiary alicyclic amines) is 2. The third-order valence-corrected chi connectivity index (χ3v) is 6.09. The average molecular weight is 376 g/mol. The maximum absolute atomic E-state index is 13.3. The molecule has 3 aliphatic rings. The quantitative estimate of drug-likeness (QED) is 0.828. The second-order valence-electron chi connectivity index (χ2n) is 8.15. The van der Waals surface area contributed by atoms with E-state index >= 15 is 0 Å². The number of rotatable bonds is 4. The molecule has 4 atom stereocenters. The van der Waals surface area contributed by atoms with Gasteiger partial charge in [0.15, 0.2) is 0 Å². The summed E-state index contributed by atoms with van der Waals surface area (Å²) in [6, 6.07) is 6.46. The van der Waals surface area contributed by atoms with Crippen molar-refractivity contribution in [1.29, 1.82) is 0 Å². The maximum Gasteiger partial charge on any atom is 0.241 e. The second-order valence-corrected chi connectivity index (χ2v) is 8.15. The van der Waals surface area contributed by atoms with Crippen molar-refractivity contribution in [3.63, 3.8) is 0 Å². The first kappa shape index (κ1) is 18.7. The molecule has 3 aliphatic heterocycles. The lowest BCUT2D eigenvalue weighted by Gasteiger charge is -2.37. The molecule has 7 heteroatoms. The number of carbonyl (C=O) groups excluding carboxylic acids is 1. The van der Waals surface area contributed by atoms with Gasteiger partial charge in [0.25, 0.3) is 0 Å². The Hall–Kier alpha value is -1.70. The van der Waals surface area contributed by atoms with Crippen LogP contribution in [0, 0.1) is 17.7 Å². The van der Waals surface area contributed by atoms with Gasteiger partial charge >= 0.3 is 0 Å². The molecule has 6 nitrogen and oxygen atoms in total. The number of carbonyl (C=O) groups is 1. The molecule has 1 aromatic rings. The lowest BCUT2D eigenvalue weighted by molar-refractivity contribution is -0.136. The Labute approximate surface area is 160 Å². The Morgan fingerprint density at radius 3 is 3.00 bits per heavy atom. The number of benzene rings is 1. The van der Waals surface area contributed by atoms with Crippen LogP contribution in [-0.4, -0.2) is 67.6 Å². The highest BCUT2D eigenvalue weighted by atomic mass is 19.1. The Bertz CT molecular complexity index is 673. The Balaban J connectivity index is 1.33. The lowest BCUT2D eigenvalue weighted by Crippen LogP contribution is -2.53. The van der Waals surface area contributed by atoms with Crippen LogP contribution in [0.25, 0.3) is 0 Å². The molecule has 0 spiro atoms. The largest absolute Gasteiger partial charge is 0.493 e.